The highest BCUT2D eigenvalue weighted by molar-refractivity contribution is 7.92. The molecule has 3 rings (SSSR count). The van der Waals surface area contributed by atoms with E-state index in [-0.39, 0.29) is 49.5 Å². The zero-order valence-electron chi connectivity index (χ0n) is 21.6. The Morgan fingerprint density at radius 1 is 1.05 bits per heavy atom. The lowest BCUT2D eigenvalue weighted by Gasteiger charge is -2.30. The molecule has 0 radical (unpaired) electrons. The molecule has 2 amide bonds. The second-order valence-corrected chi connectivity index (χ2v) is 11.6. The van der Waals surface area contributed by atoms with Gasteiger partial charge in [-0.2, -0.15) is 13.2 Å². The standard InChI is InChI=1S/C27H34F3N3O4S/c1-20(26(35)31-23-13-6-7-14-23)32(19-21-10-4-3-5-11-21)25(34)16-9-17-33(38(2,36)37)24-15-8-12-22(18-24)27(28,29)30/h3-5,8,10-12,15,18,20,23H,6-7,9,13-14,16-17,19H2,1-2H3,(H,31,35)/t20-/m0/s1. The van der Waals surface area contributed by atoms with E-state index in [0.29, 0.717) is 0 Å². The van der Waals surface area contributed by atoms with Gasteiger partial charge in [0.05, 0.1) is 17.5 Å². The molecule has 0 unspecified atom stereocenters. The van der Waals surface area contributed by atoms with Gasteiger partial charge >= 0.3 is 6.18 Å². The Balaban J connectivity index is 1.72. The lowest BCUT2D eigenvalue weighted by Crippen LogP contribution is -2.49. The van der Waals surface area contributed by atoms with E-state index in [9.17, 15) is 31.2 Å². The van der Waals surface area contributed by atoms with Crippen molar-refractivity contribution in [2.24, 2.45) is 0 Å². The first kappa shape index (κ1) is 29.5. The van der Waals surface area contributed by atoms with E-state index in [0.717, 1.165) is 60.0 Å². The number of carbonyl (C=O) groups excluding carboxylic acids is 2. The van der Waals surface area contributed by atoms with E-state index in [1.54, 1.807) is 6.92 Å². The van der Waals surface area contributed by atoms with Crippen LogP contribution in [0.5, 0.6) is 0 Å². The summed E-state index contributed by atoms with van der Waals surface area (Å²) in [4.78, 5) is 27.7. The Kier molecular flexibility index (Phi) is 9.81. The molecule has 1 fully saturated rings. The van der Waals surface area contributed by atoms with Gasteiger partial charge in [0, 0.05) is 25.6 Å². The zero-order chi connectivity index (χ0) is 27.9. The largest absolute Gasteiger partial charge is 0.416 e. The van der Waals surface area contributed by atoms with Crippen molar-refractivity contribution >= 4 is 27.5 Å². The molecule has 0 aliphatic heterocycles. The van der Waals surface area contributed by atoms with Crippen LogP contribution in [-0.2, 0) is 32.3 Å². The van der Waals surface area contributed by atoms with Crippen LogP contribution in [0.4, 0.5) is 18.9 Å². The van der Waals surface area contributed by atoms with Crippen LogP contribution in [-0.4, -0.2) is 50.0 Å². The van der Waals surface area contributed by atoms with Crippen LogP contribution < -0.4 is 9.62 Å². The molecule has 1 atom stereocenters. The molecular weight excluding hydrogens is 519 g/mol. The van der Waals surface area contributed by atoms with E-state index < -0.39 is 27.8 Å². The normalized spacial score (nSPS) is 15.2. The fraction of sp³-hybridized carbons (Fsp3) is 0.481. The third-order valence-corrected chi connectivity index (χ3v) is 7.87. The minimum absolute atomic E-state index is 0.0599. The molecule has 0 saturated heterocycles. The van der Waals surface area contributed by atoms with Crippen molar-refractivity contribution in [1.82, 2.24) is 10.2 Å². The molecule has 1 aliphatic carbocycles. The van der Waals surface area contributed by atoms with E-state index >= 15 is 0 Å². The highest BCUT2D eigenvalue weighted by Crippen LogP contribution is 2.32. The Morgan fingerprint density at radius 3 is 2.32 bits per heavy atom. The summed E-state index contributed by atoms with van der Waals surface area (Å²) in [5.41, 5.74) is -0.251. The molecule has 11 heteroatoms. The molecule has 0 heterocycles. The maximum atomic E-state index is 13.3. The van der Waals surface area contributed by atoms with Gasteiger partial charge < -0.3 is 10.2 Å². The van der Waals surface area contributed by atoms with Crippen molar-refractivity contribution in [2.75, 3.05) is 17.1 Å². The van der Waals surface area contributed by atoms with E-state index in [4.69, 9.17) is 0 Å². The third-order valence-electron chi connectivity index (χ3n) is 6.68. The number of benzene rings is 2. The number of hydrogen-bond donors (Lipinski definition) is 1. The first-order chi connectivity index (χ1) is 17.9. The maximum Gasteiger partial charge on any atom is 0.416 e. The van der Waals surface area contributed by atoms with E-state index in [2.05, 4.69) is 5.32 Å². The van der Waals surface area contributed by atoms with E-state index in [1.807, 2.05) is 30.3 Å². The second kappa shape index (κ2) is 12.6. The number of amides is 2. The monoisotopic (exact) mass is 553 g/mol. The number of halogens is 3. The Bertz CT molecular complexity index is 1200. The SMILES string of the molecule is C[C@@H](C(=O)NC1CCCC1)N(Cc1ccccc1)C(=O)CCCN(c1cccc(C(F)(F)F)c1)S(C)(=O)=O. The minimum Gasteiger partial charge on any atom is -0.352 e. The number of anilines is 1. The molecule has 38 heavy (non-hydrogen) atoms. The molecule has 1 aliphatic rings. The predicted molar refractivity (Wildman–Crippen MR) is 140 cm³/mol. The Hall–Kier alpha value is -3.08. The lowest BCUT2D eigenvalue weighted by atomic mass is 10.1. The summed E-state index contributed by atoms with van der Waals surface area (Å²) < 4.78 is 65.2. The van der Waals surface area contributed by atoms with Crippen molar-refractivity contribution < 1.29 is 31.2 Å². The maximum absolute atomic E-state index is 13.3. The summed E-state index contributed by atoms with van der Waals surface area (Å²) >= 11 is 0. The Labute approximate surface area is 222 Å². The summed E-state index contributed by atoms with van der Waals surface area (Å²) in [6.45, 7) is 1.67. The van der Waals surface area contributed by atoms with Crippen LogP contribution in [0.1, 0.15) is 56.6 Å². The summed E-state index contributed by atoms with van der Waals surface area (Å²) in [6, 6.07) is 12.6. The van der Waals surface area contributed by atoms with Crippen molar-refractivity contribution in [3.05, 3.63) is 65.7 Å². The number of rotatable bonds is 11. The number of nitrogens with one attached hydrogen (secondary N) is 1. The highest BCUT2D eigenvalue weighted by Gasteiger charge is 2.32. The van der Waals surface area contributed by atoms with Crippen LogP contribution in [0.25, 0.3) is 0 Å². The van der Waals surface area contributed by atoms with Gasteiger partial charge in [0.1, 0.15) is 6.04 Å². The molecule has 0 aromatic heterocycles. The van der Waals surface area contributed by atoms with Gasteiger partial charge in [-0.3, -0.25) is 13.9 Å². The van der Waals surface area contributed by atoms with Gasteiger partial charge in [0.15, 0.2) is 0 Å². The van der Waals surface area contributed by atoms with Crippen LogP contribution in [0.3, 0.4) is 0 Å². The molecule has 0 bridgehead atoms. The van der Waals surface area contributed by atoms with Crippen LogP contribution in [0.2, 0.25) is 0 Å². The van der Waals surface area contributed by atoms with Crippen molar-refractivity contribution in [1.29, 1.82) is 0 Å². The van der Waals surface area contributed by atoms with Crippen LogP contribution in [0, 0.1) is 0 Å². The summed E-state index contributed by atoms with van der Waals surface area (Å²) in [5.74, 6) is -0.594. The molecule has 2 aromatic rings. The summed E-state index contributed by atoms with van der Waals surface area (Å²) in [7, 11) is -3.91. The first-order valence-corrected chi connectivity index (χ1v) is 14.5. The minimum atomic E-state index is -4.62. The fourth-order valence-electron chi connectivity index (χ4n) is 4.60. The van der Waals surface area contributed by atoms with Gasteiger partial charge in [0.25, 0.3) is 0 Å². The predicted octanol–water partition coefficient (Wildman–Crippen LogP) is 4.73. The number of alkyl halides is 3. The zero-order valence-corrected chi connectivity index (χ0v) is 22.4. The Morgan fingerprint density at radius 2 is 1.71 bits per heavy atom. The molecule has 208 valence electrons. The smallest absolute Gasteiger partial charge is 0.352 e. The summed E-state index contributed by atoms with van der Waals surface area (Å²) in [6.07, 6.45) is 0.172. The second-order valence-electron chi connectivity index (χ2n) is 9.66. The van der Waals surface area contributed by atoms with Crippen LogP contribution in [0.15, 0.2) is 54.6 Å². The molecule has 7 nitrogen and oxygen atoms in total. The van der Waals surface area contributed by atoms with Crippen LogP contribution >= 0.6 is 0 Å². The topological polar surface area (TPSA) is 86.8 Å². The van der Waals surface area contributed by atoms with Crippen molar-refractivity contribution in [2.45, 2.75) is 70.3 Å². The average molecular weight is 554 g/mol. The molecule has 1 N–H and O–H groups in total. The fourth-order valence-corrected chi connectivity index (χ4v) is 5.55. The number of sulfonamides is 1. The average Bonchev–Trinajstić information content (AvgIpc) is 3.37. The van der Waals surface area contributed by atoms with Gasteiger partial charge in [-0.25, -0.2) is 8.42 Å². The first-order valence-electron chi connectivity index (χ1n) is 12.6. The molecule has 1 saturated carbocycles. The number of nitrogens with zero attached hydrogens (tertiary/aromatic N) is 2. The quantitative estimate of drug-likeness (QED) is 0.436. The molecular formula is C27H34F3N3O4S. The van der Waals surface area contributed by atoms with Gasteiger partial charge in [-0.15, -0.1) is 0 Å². The summed E-state index contributed by atoms with van der Waals surface area (Å²) in [5, 5.41) is 3.02. The molecule has 0 spiro atoms. The lowest BCUT2D eigenvalue weighted by molar-refractivity contribution is -0.141. The van der Waals surface area contributed by atoms with Gasteiger partial charge in [-0.1, -0.05) is 49.2 Å². The van der Waals surface area contributed by atoms with Gasteiger partial charge in [0.2, 0.25) is 21.8 Å². The van der Waals surface area contributed by atoms with E-state index in [1.165, 1.54) is 11.0 Å². The molecule has 2 aromatic carbocycles. The van der Waals surface area contributed by atoms with Crippen molar-refractivity contribution in [3.63, 3.8) is 0 Å². The number of carbonyl (C=O) groups is 2. The highest BCUT2D eigenvalue weighted by atomic mass is 32.2. The van der Waals surface area contributed by atoms with Gasteiger partial charge in [-0.05, 0) is 49.9 Å². The third kappa shape index (κ3) is 8.21. The van der Waals surface area contributed by atoms with Crippen molar-refractivity contribution in [3.8, 4) is 0 Å². The number of hydrogen-bond acceptors (Lipinski definition) is 4.